The summed E-state index contributed by atoms with van der Waals surface area (Å²) in [5.74, 6) is -0.343. The fraction of sp³-hybridized carbons (Fsp3) is 0.235. The molecule has 0 bridgehead atoms. The molecule has 0 radical (unpaired) electrons. The molecule has 0 spiro atoms. The first-order valence-corrected chi connectivity index (χ1v) is 7.35. The van der Waals surface area contributed by atoms with Crippen molar-refractivity contribution in [3.8, 4) is 5.75 Å². The van der Waals surface area contributed by atoms with E-state index in [1.54, 1.807) is 0 Å². The highest BCUT2D eigenvalue weighted by Gasteiger charge is 2.30. The van der Waals surface area contributed by atoms with Gasteiger partial charge in [0.2, 0.25) is 0 Å². The third-order valence-corrected chi connectivity index (χ3v) is 3.26. The highest BCUT2D eigenvalue weighted by atomic mass is 19.4. The SMILES string of the molecule is CCC(NC(=O)Nc1ccc(OC(F)(F)F)cc1)c1ccccc1. The van der Waals surface area contributed by atoms with E-state index < -0.39 is 12.4 Å². The van der Waals surface area contributed by atoms with Crippen molar-refractivity contribution >= 4 is 11.7 Å². The summed E-state index contributed by atoms with van der Waals surface area (Å²) in [6.45, 7) is 1.95. The minimum Gasteiger partial charge on any atom is -0.406 e. The number of ether oxygens (including phenoxy) is 1. The van der Waals surface area contributed by atoms with Gasteiger partial charge in [0.05, 0.1) is 6.04 Å². The zero-order valence-electron chi connectivity index (χ0n) is 12.9. The van der Waals surface area contributed by atoms with Crippen LogP contribution in [0, 0.1) is 0 Å². The normalized spacial score (nSPS) is 12.3. The van der Waals surface area contributed by atoms with Crippen molar-refractivity contribution in [2.24, 2.45) is 0 Å². The minimum atomic E-state index is -4.74. The van der Waals surface area contributed by atoms with Gasteiger partial charge in [0.25, 0.3) is 0 Å². The molecule has 0 saturated carbocycles. The Morgan fingerprint density at radius 2 is 1.71 bits per heavy atom. The van der Waals surface area contributed by atoms with Crippen LogP contribution in [0.1, 0.15) is 24.9 Å². The Morgan fingerprint density at radius 3 is 2.25 bits per heavy atom. The van der Waals surface area contributed by atoms with Gasteiger partial charge in [-0.2, -0.15) is 0 Å². The number of benzene rings is 2. The Morgan fingerprint density at radius 1 is 1.08 bits per heavy atom. The Kier molecular flexibility index (Phi) is 5.68. The van der Waals surface area contributed by atoms with E-state index in [9.17, 15) is 18.0 Å². The van der Waals surface area contributed by atoms with Crippen LogP contribution < -0.4 is 15.4 Å². The lowest BCUT2D eigenvalue weighted by molar-refractivity contribution is -0.274. The molecule has 2 aromatic rings. The molecular weight excluding hydrogens is 321 g/mol. The van der Waals surface area contributed by atoms with Gasteiger partial charge >= 0.3 is 12.4 Å². The topological polar surface area (TPSA) is 50.4 Å². The Bertz CT molecular complexity index is 658. The van der Waals surface area contributed by atoms with Crippen molar-refractivity contribution in [1.82, 2.24) is 5.32 Å². The van der Waals surface area contributed by atoms with Crippen LogP contribution in [-0.2, 0) is 0 Å². The van der Waals surface area contributed by atoms with Gasteiger partial charge in [0, 0.05) is 5.69 Å². The van der Waals surface area contributed by atoms with Gasteiger partial charge in [-0.25, -0.2) is 4.79 Å². The molecule has 1 atom stereocenters. The lowest BCUT2D eigenvalue weighted by Crippen LogP contribution is -2.32. The second-order valence-electron chi connectivity index (χ2n) is 5.04. The molecule has 128 valence electrons. The van der Waals surface area contributed by atoms with Crippen molar-refractivity contribution in [3.05, 3.63) is 60.2 Å². The highest BCUT2D eigenvalue weighted by molar-refractivity contribution is 5.89. The summed E-state index contributed by atoms with van der Waals surface area (Å²) in [4.78, 5) is 12.0. The first-order valence-electron chi connectivity index (χ1n) is 7.35. The number of hydrogen-bond donors (Lipinski definition) is 2. The monoisotopic (exact) mass is 338 g/mol. The number of urea groups is 1. The van der Waals surface area contributed by atoms with Crippen LogP contribution in [0.3, 0.4) is 0 Å². The summed E-state index contributed by atoms with van der Waals surface area (Å²) < 4.78 is 40.1. The van der Waals surface area contributed by atoms with Crippen molar-refractivity contribution in [2.45, 2.75) is 25.7 Å². The van der Waals surface area contributed by atoms with E-state index in [1.165, 1.54) is 12.1 Å². The minimum absolute atomic E-state index is 0.154. The molecule has 0 aliphatic rings. The van der Waals surface area contributed by atoms with E-state index in [2.05, 4.69) is 15.4 Å². The molecule has 2 rings (SSSR count). The third kappa shape index (κ3) is 5.49. The standard InChI is InChI=1S/C17H17F3N2O2/c1-2-15(12-6-4-3-5-7-12)22-16(23)21-13-8-10-14(11-9-13)24-17(18,19)20/h3-11,15H,2H2,1H3,(H2,21,22,23). The van der Waals surface area contributed by atoms with E-state index >= 15 is 0 Å². The number of carbonyl (C=O) groups is 1. The molecular formula is C17H17F3N2O2. The van der Waals surface area contributed by atoms with Crippen LogP contribution in [0.4, 0.5) is 23.7 Å². The summed E-state index contributed by atoms with van der Waals surface area (Å²) in [6.07, 6.45) is -4.04. The van der Waals surface area contributed by atoms with Crippen LogP contribution in [0.25, 0.3) is 0 Å². The van der Waals surface area contributed by atoms with E-state index in [1.807, 2.05) is 37.3 Å². The zero-order valence-corrected chi connectivity index (χ0v) is 12.9. The van der Waals surface area contributed by atoms with E-state index in [0.717, 1.165) is 17.7 Å². The van der Waals surface area contributed by atoms with Gasteiger partial charge in [-0.05, 0) is 36.2 Å². The smallest absolute Gasteiger partial charge is 0.406 e. The molecule has 0 fully saturated rings. The molecule has 0 aromatic heterocycles. The quantitative estimate of drug-likeness (QED) is 0.818. The number of rotatable bonds is 5. The summed E-state index contributed by atoms with van der Waals surface area (Å²) in [6, 6.07) is 13.8. The maximum absolute atomic E-state index is 12.1. The van der Waals surface area contributed by atoms with Gasteiger partial charge in [0.1, 0.15) is 5.75 Å². The van der Waals surface area contributed by atoms with Gasteiger partial charge in [-0.1, -0.05) is 37.3 Å². The van der Waals surface area contributed by atoms with E-state index in [0.29, 0.717) is 12.1 Å². The predicted octanol–water partition coefficient (Wildman–Crippen LogP) is 4.86. The number of anilines is 1. The molecule has 24 heavy (non-hydrogen) atoms. The van der Waals surface area contributed by atoms with E-state index in [-0.39, 0.29) is 11.8 Å². The average Bonchev–Trinajstić information content (AvgIpc) is 2.54. The molecule has 0 saturated heterocycles. The summed E-state index contributed by atoms with van der Waals surface area (Å²) in [5.41, 5.74) is 1.34. The van der Waals surface area contributed by atoms with Crippen molar-refractivity contribution in [3.63, 3.8) is 0 Å². The number of halogens is 3. The molecule has 1 unspecified atom stereocenters. The van der Waals surface area contributed by atoms with Gasteiger partial charge < -0.3 is 15.4 Å². The number of alkyl halides is 3. The first kappa shape index (κ1) is 17.7. The molecule has 2 aromatic carbocycles. The Balaban J connectivity index is 1.94. The van der Waals surface area contributed by atoms with Crippen LogP contribution in [0.5, 0.6) is 5.75 Å². The number of hydrogen-bond acceptors (Lipinski definition) is 2. The maximum Gasteiger partial charge on any atom is 0.573 e. The lowest BCUT2D eigenvalue weighted by Gasteiger charge is -2.18. The molecule has 2 amide bonds. The summed E-state index contributed by atoms with van der Waals surface area (Å²) >= 11 is 0. The third-order valence-electron chi connectivity index (χ3n) is 3.26. The number of carbonyl (C=O) groups excluding carboxylic acids is 1. The van der Waals surface area contributed by atoms with E-state index in [4.69, 9.17) is 0 Å². The number of amides is 2. The second kappa shape index (κ2) is 7.72. The van der Waals surface area contributed by atoms with Gasteiger partial charge in [-0.3, -0.25) is 0 Å². The molecule has 0 heterocycles. The predicted molar refractivity (Wildman–Crippen MR) is 84.8 cm³/mol. The second-order valence-corrected chi connectivity index (χ2v) is 5.04. The largest absolute Gasteiger partial charge is 0.573 e. The van der Waals surface area contributed by atoms with Crippen LogP contribution in [0.2, 0.25) is 0 Å². The molecule has 7 heteroatoms. The van der Waals surface area contributed by atoms with Crippen LogP contribution in [-0.4, -0.2) is 12.4 Å². The Hall–Kier alpha value is -2.70. The molecule has 0 aliphatic heterocycles. The van der Waals surface area contributed by atoms with Crippen LogP contribution in [0.15, 0.2) is 54.6 Å². The summed E-state index contributed by atoms with van der Waals surface area (Å²) in [7, 11) is 0. The zero-order chi connectivity index (χ0) is 17.6. The molecule has 0 aliphatic carbocycles. The molecule has 2 N–H and O–H groups in total. The van der Waals surface area contributed by atoms with Gasteiger partial charge in [0.15, 0.2) is 0 Å². The lowest BCUT2D eigenvalue weighted by atomic mass is 10.1. The van der Waals surface area contributed by atoms with Crippen molar-refractivity contribution in [1.29, 1.82) is 0 Å². The molecule has 4 nitrogen and oxygen atoms in total. The van der Waals surface area contributed by atoms with Crippen LogP contribution >= 0.6 is 0 Å². The average molecular weight is 338 g/mol. The van der Waals surface area contributed by atoms with Gasteiger partial charge in [-0.15, -0.1) is 13.2 Å². The fourth-order valence-electron chi connectivity index (χ4n) is 2.17. The van der Waals surface area contributed by atoms with Crippen molar-refractivity contribution < 1.29 is 22.7 Å². The maximum atomic E-state index is 12.1. The number of nitrogens with one attached hydrogen (secondary N) is 2. The Labute approximate surface area is 137 Å². The highest BCUT2D eigenvalue weighted by Crippen LogP contribution is 2.24. The summed E-state index contributed by atoms with van der Waals surface area (Å²) in [5, 5.41) is 5.40. The van der Waals surface area contributed by atoms with Crippen molar-refractivity contribution in [2.75, 3.05) is 5.32 Å². The first-order chi connectivity index (χ1) is 11.4. The fourth-order valence-corrected chi connectivity index (χ4v) is 2.17.